The molecule has 0 heterocycles. The Kier molecular flexibility index (Phi) is 20.6. The third kappa shape index (κ3) is 17.0. The van der Waals surface area contributed by atoms with Gasteiger partial charge in [-0.25, -0.2) is 0 Å². The first-order chi connectivity index (χ1) is 28.2. The number of primary amides is 1. The molecule has 0 spiro atoms. The molecule has 7 amide bonds. The summed E-state index contributed by atoms with van der Waals surface area (Å²) >= 11 is 0. The number of unbranched alkanes of at least 4 members (excludes halogenated alkanes) is 1. The lowest BCUT2D eigenvalue weighted by atomic mass is 10.00. The van der Waals surface area contributed by atoms with Gasteiger partial charge in [-0.15, -0.1) is 0 Å². The molecule has 0 aliphatic heterocycles. The molecule has 20 nitrogen and oxygen atoms in total. The van der Waals surface area contributed by atoms with Gasteiger partial charge in [0.1, 0.15) is 48.0 Å². The molecule has 0 fully saturated rings. The number of phenolic OH excluding ortho intramolecular Hbond substituents is 1. The lowest BCUT2D eigenvalue weighted by molar-refractivity contribution is -0.141. The van der Waals surface area contributed by atoms with Crippen molar-refractivity contribution in [3.63, 3.8) is 0 Å². The number of aliphatic carboxylic acids is 1. The fourth-order valence-electron chi connectivity index (χ4n) is 5.77. The van der Waals surface area contributed by atoms with Crippen LogP contribution >= 0.6 is 0 Å². The molecule has 20 heteroatoms. The lowest BCUT2D eigenvalue weighted by Gasteiger charge is -2.28. The molecule has 2 rings (SSSR count). The molecule has 8 atom stereocenters. The van der Waals surface area contributed by atoms with Gasteiger partial charge < -0.3 is 64.4 Å². The second-order valence-corrected chi connectivity index (χ2v) is 14.8. The Morgan fingerprint density at radius 3 is 1.60 bits per heavy atom. The molecule has 0 saturated heterocycles. The zero-order valence-electron chi connectivity index (χ0n) is 34.2. The standard InChI is InChI=1S/C40H59N9O11/c1-21(2)33(49-34(53)27(12-8-9-17-41)45-38(57)32(43)23(4)50)39(58)48-30(20-31(42)52)37(56)47-29(18-24-10-6-5-7-11-24)36(55)46-28(35(54)44-22(3)40(59)60)19-25-13-15-26(51)16-14-25/h5-7,10-11,13-16,21-23,27-30,32-33,50-51H,8-9,12,17-20,41,43H2,1-4H3,(H2,42,52)(H,44,54)(H,45,57)(H,46,55)(H,47,56)(H,48,58)(H,49,53)(H,59,60)/t22-,23+,27-,28-,29-,30-,32-,33-/m0/s1. The minimum Gasteiger partial charge on any atom is -0.508 e. The molecule has 2 aromatic carbocycles. The molecule has 60 heavy (non-hydrogen) atoms. The van der Waals surface area contributed by atoms with Crippen molar-refractivity contribution >= 4 is 47.3 Å². The van der Waals surface area contributed by atoms with Gasteiger partial charge in [0.05, 0.1) is 12.5 Å². The number of hydrogen-bond donors (Lipinski definition) is 12. The van der Waals surface area contributed by atoms with Gasteiger partial charge in [-0.1, -0.05) is 56.3 Å². The van der Waals surface area contributed by atoms with Crippen molar-refractivity contribution in [2.24, 2.45) is 23.1 Å². The van der Waals surface area contributed by atoms with Gasteiger partial charge in [0.15, 0.2) is 0 Å². The van der Waals surface area contributed by atoms with E-state index in [2.05, 4.69) is 31.9 Å². The van der Waals surface area contributed by atoms with Gasteiger partial charge in [-0.2, -0.15) is 0 Å². The van der Waals surface area contributed by atoms with E-state index in [1.807, 2.05) is 0 Å². The Morgan fingerprint density at radius 1 is 0.617 bits per heavy atom. The van der Waals surface area contributed by atoms with E-state index in [1.54, 1.807) is 44.2 Å². The average molecular weight is 842 g/mol. The smallest absolute Gasteiger partial charge is 0.325 e. The number of benzene rings is 2. The summed E-state index contributed by atoms with van der Waals surface area (Å²) in [6, 6.07) is 4.50. The van der Waals surface area contributed by atoms with Crippen LogP contribution in [0.5, 0.6) is 5.75 Å². The monoisotopic (exact) mass is 841 g/mol. The second-order valence-electron chi connectivity index (χ2n) is 14.8. The Balaban J connectivity index is 2.41. The second kappa shape index (κ2) is 24.7. The number of carboxylic acid groups (broad SMARTS) is 1. The highest BCUT2D eigenvalue weighted by Crippen LogP contribution is 2.13. The number of carbonyl (C=O) groups is 8. The number of aromatic hydroxyl groups is 1. The zero-order chi connectivity index (χ0) is 45.1. The number of nitrogens with one attached hydrogen (secondary N) is 6. The third-order valence-corrected chi connectivity index (χ3v) is 9.34. The first-order valence-electron chi connectivity index (χ1n) is 19.5. The van der Waals surface area contributed by atoms with Crippen LogP contribution in [0.1, 0.15) is 64.5 Å². The van der Waals surface area contributed by atoms with Crippen molar-refractivity contribution in [1.82, 2.24) is 31.9 Å². The van der Waals surface area contributed by atoms with Gasteiger partial charge in [0.2, 0.25) is 41.4 Å². The molecule has 15 N–H and O–H groups in total. The van der Waals surface area contributed by atoms with Crippen LogP contribution in [0.4, 0.5) is 0 Å². The molecule has 0 saturated carbocycles. The molecule has 0 aromatic heterocycles. The Morgan fingerprint density at radius 2 is 1.10 bits per heavy atom. The van der Waals surface area contributed by atoms with E-state index >= 15 is 0 Å². The Labute approximate surface area is 348 Å². The van der Waals surface area contributed by atoms with Crippen molar-refractivity contribution in [2.45, 2.75) is 115 Å². The van der Waals surface area contributed by atoms with Crippen molar-refractivity contribution in [3.05, 3.63) is 65.7 Å². The van der Waals surface area contributed by atoms with E-state index in [4.69, 9.17) is 17.2 Å². The van der Waals surface area contributed by atoms with E-state index in [9.17, 15) is 53.7 Å². The van der Waals surface area contributed by atoms with Crippen molar-refractivity contribution < 1.29 is 53.7 Å². The largest absolute Gasteiger partial charge is 0.508 e. The van der Waals surface area contributed by atoms with Crippen LogP contribution in [0.2, 0.25) is 0 Å². The first-order valence-corrected chi connectivity index (χ1v) is 19.5. The highest BCUT2D eigenvalue weighted by molar-refractivity contribution is 5.98. The number of aliphatic hydroxyl groups excluding tert-OH is 1. The summed E-state index contributed by atoms with van der Waals surface area (Å²) in [6.07, 6.45) is -1.21. The van der Waals surface area contributed by atoms with Gasteiger partial charge in [0, 0.05) is 12.8 Å². The number of amides is 7. The van der Waals surface area contributed by atoms with Crippen molar-refractivity contribution in [1.29, 1.82) is 0 Å². The molecule has 0 unspecified atom stereocenters. The SMILES string of the molecule is CC(C)[C@H](NC(=O)[C@H](CCCCN)NC(=O)[C@@H](N)[C@@H](C)O)C(=O)N[C@@H](CC(N)=O)C(=O)N[C@@H](Cc1ccccc1)C(=O)N[C@@H](Cc1ccc(O)cc1)C(=O)N[C@@H](C)C(=O)O. The number of hydrogen-bond acceptors (Lipinski definition) is 12. The van der Waals surface area contributed by atoms with Gasteiger partial charge in [-0.3, -0.25) is 38.4 Å². The van der Waals surface area contributed by atoms with Gasteiger partial charge in [-0.05, 0) is 68.8 Å². The van der Waals surface area contributed by atoms with E-state index in [0.29, 0.717) is 30.5 Å². The maximum atomic E-state index is 14.0. The summed E-state index contributed by atoms with van der Waals surface area (Å²) in [5.41, 5.74) is 17.9. The molecule has 0 bridgehead atoms. The quantitative estimate of drug-likeness (QED) is 0.0463. The highest BCUT2D eigenvalue weighted by Gasteiger charge is 2.35. The molecule has 330 valence electrons. The third-order valence-electron chi connectivity index (χ3n) is 9.34. The lowest BCUT2D eigenvalue weighted by Crippen LogP contribution is -2.61. The predicted molar refractivity (Wildman–Crippen MR) is 218 cm³/mol. The maximum Gasteiger partial charge on any atom is 0.325 e. The summed E-state index contributed by atoms with van der Waals surface area (Å²) in [6.45, 7) is 6.05. The number of nitrogens with two attached hydrogens (primary N) is 3. The van der Waals surface area contributed by atoms with Gasteiger partial charge >= 0.3 is 5.97 Å². The fourth-order valence-corrected chi connectivity index (χ4v) is 5.77. The predicted octanol–water partition coefficient (Wildman–Crippen LogP) is -2.44. The van der Waals surface area contributed by atoms with Crippen molar-refractivity contribution in [3.8, 4) is 5.75 Å². The van der Waals surface area contributed by atoms with Crippen LogP contribution < -0.4 is 49.1 Å². The van der Waals surface area contributed by atoms with E-state index in [0.717, 1.165) is 0 Å². The first kappa shape index (κ1) is 50.0. The van der Waals surface area contributed by atoms with Crippen LogP contribution in [0.25, 0.3) is 0 Å². The number of rotatable bonds is 25. The number of carboxylic acids is 1. The Bertz CT molecular complexity index is 1780. The molecule has 2 aromatic rings. The zero-order valence-corrected chi connectivity index (χ0v) is 34.2. The topological polar surface area (TPSA) is 347 Å². The molecular weight excluding hydrogens is 782 g/mol. The van der Waals surface area contributed by atoms with Crippen molar-refractivity contribution in [2.75, 3.05) is 6.54 Å². The minimum absolute atomic E-state index is 0.0567. The molecule has 0 aliphatic carbocycles. The summed E-state index contributed by atoms with van der Waals surface area (Å²) in [5.74, 6) is -8.25. The van der Waals surface area contributed by atoms with E-state index in [1.165, 1.54) is 38.1 Å². The highest BCUT2D eigenvalue weighted by atomic mass is 16.4. The normalized spacial score (nSPS) is 15.1. The average Bonchev–Trinajstić information content (AvgIpc) is 3.18. The van der Waals surface area contributed by atoms with E-state index < -0.39 is 108 Å². The van der Waals surface area contributed by atoms with Crippen LogP contribution in [0, 0.1) is 5.92 Å². The number of phenols is 1. The van der Waals surface area contributed by atoms with E-state index in [-0.39, 0.29) is 25.0 Å². The fraction of sp³-hybridized carbons (Fsp3) is 0.500. The summed E-state index contributed by atoms with van der Waals surface area (Å²) in [4.78, 5) is 105. The molecular formula is C40H59N9O11. The molecule has 0 aliphatic rings. The number of carbonyl (C=O) groups excluding carboxylic acids is 7. The van der Waals surface area contributed by atoms with Crippen LogP contribution in [-0.4, -0.2) is 118 Å². The Hall–Kier alpha value is -6.12. The van der Waals surface area contributed by atoms with Crippen LogP contribution in [0.3, 0.4) is 0 Å². The van der Waals surface area contributed by atoms with Crippen LogP contribution in [0.15, 0.2) is 54.6 Å². The summed E-state index contributed by atoms with van der Waals surface area (Å²) < 4.78 is 0. The molecule has 0 radical (unpaired) electrons. The maximum absolute atomic E-state index is 14.0. The number of aliphatic hydroxyl groups is 1. The minimum atomic E-state index is -1.67. The summed E-state index contributed by atoms with van der Waals surface area (Å²) in [7, 11) is 0. The van der Waals surface area contributed by atoms with Crippen LogP contribution in [-0.2, 0) is 51.2 Å². The summed E-state index contributed by atoms with van der Waals surface area (Å²) in [5, 5.41) is 43.9. The van der Waals surface area contributed by atoms with Gasteiger partial charge in [0.25, 0.3) is 0 Å².